The molecular weight excluding hydrogens is 180 g/mol. The summed E-state index contributed by atoms with van der Waals surface area (Å²) in [5.74, 6) is -0.386. The number of hydrogen-bond donors (Lipinski definition) is 2. The van der Waals surface area contributed by atoms with Gasteiger partial charge in [-0.15, -0.1) is 0 Å². The lowest BCUT2D eigenvalue weighted by Crippen LogP contribution is -2.21. The maximum atomic E-state index is 10.7. The first-order valence-electron chi connectivity index (χ1n) is 4.60. The molecule has 0 saturated heterocycles. The molecule has 14 heavy (non-hydrogen) atoms. The van der Waals surface area contributed by atoms with Gasteiger partial charge in [0.25, 0.3) is 0 Å². The highest BCUT2D eigenvalue weighted by molar-refractivity contribution is 5.74. The molecule has 0 aliphatic carbocycles. The normalized spacial score (nSPS) is 12.8. The number of hydrogen-bond acceptors (Lipinski definition) is 3. The number of nitrogens with two attached hydrogens (primary N) is 2. The second-order valence-electron chi connectivity index (χ2n) is 3.34. The quantitative estimate of drug-likeness (QED) is 0.702. The van der Waals surface area contributed by atoms with Gasteiger partial charge in [-0.05, 0) is 6.42 Å². The number of primary amides is 1. The van der Waals surface area contributed by atoms with Gasteiger partial charge < -0.3 is 11.5 Å². The predicted molar refractivity (Wildman–Crippen MR) is 53.3 cm³/mol. The molecule has 1 heterocycles. The Bertz CT molecular complexity index is 332. The highest BCUT2D eigenvalue weighted by Crippen LogP contribution is 2.17. The van der Waals surface area contributed by atoms with Crippen molar-refractivity contribution < 1.29 is 4.79 Å². The summed E-state index contributed by atoms with van der Waals surface area (Å²) >= 11 is 0. The zero-order chi connectivity index (χ0) is 10.7. The minimum absolute atomic E-state index is 0.165. The fourth-order valence-corrected chi connectivity index (χ4v) is 1.46. The molecule has 1 aromatic rings. The topological polar surface area (TPSA) is 86.9 Å². The number of rotatable bonds is 4. The second kappa shape index (κ2) is 4.23. The van der Waals surface area contributed by atoms with Gasteiger partial charge in [0.2, 0.25) is 5.91 Å². The van der Waals surface area contributed by atoms with E-state index in [1.807, 2.05) is 20.2 Å². The molecule has 0 aliphatic rings. The Kier molecular flexibility index (Phi) is 3.24. The number of amides is 1. The largest absolute Gasteiger partial charge is 0.370 e. The number of carbonyl (C=O) groups excluding carboxylic acids is 1. The number of carbonyl (C=O) groups is 1. The molecule has 0 spiro atoms. The fraction of sp³-hybridized carbons (Fsp3) is 0.556. The van der Waals surface area contributed by atoms with Crippen LogP contribution in [-0.2, 0) is 18.3 Å². The molecule has 78 valence electrons. The van der Waals surface area contributed by atoms with Crippen molar-refractivity contribution in [3.05, 3.63) is 17.5 Å². The van der Waals surface area contributed by atoms with E-state index in [0.29, 0.717) is 0 Å². The molecule has 0 saturated carbocycles. The average Bonchev–Trinajstić information content (AvgIpc) is 2.45. The summed E-state index contributed by atoms with van der Waals surface area (Å²) in [5, 5.41) is 4.24. The first kappa shape index (κ1) is 10.7. The van der Waals surface area contributed by atoms with Crippen molar-refractivity contribution in [1.29, 1.82) is 0 Å². The third kappa shape index (κ3) is 2.32. The molecule has 1 aromatic heterocycles. The molecule has 4 N–H and O–H groups in total. The number of nitrogens with zero attached hydrogens (tertiary/aromatic N) is 2. The van der Waals surface area contributed by atoms with Gasteiger partial charge in [-0.25, -0.2) is 0 Å². The Morgan fingerprint density at radius 2 is 2.36 bits per heavy atom. The SMILES string of the molecule is CCc1nn(C)cc1[C@H](N)CC(N)=O. The maximum absolute atomic E-state index is 10.7. The van der Waals surface area contributed by atoms with E-state index in [0.717, 1.165) is 17.7 Å². The zero-order valence-electron chi connectivity index (χ0n) is 8.53. The van der Waals surface area contributed by atoms with Crippen molar-refractivity contribution in [3.8, 4) is 0 Å². The van der Waals surface area contributed by atoms with Crippen LogP contribution in [-0.4, -0.2) is 15.7 Å². The fourth-order valence-electron chi connectivity index (χ4n) is 1.46. The van der Waals surface area contributed by atoms with Crippen LogP contribution in [0.15, 0.2) is 6.20 Å². The molecule has 0 fully saturated rings. The van der Waals surface area contributed by atoms with Crippen LogP contribution in [0.2, 0.25) is 0 Å². The van der Waals surface area contributed by atoms with Gasteiger partial charge in [0.1, 0.15) is 0 Å². The molecule has 0 aliphatic heterocycles. The van der Waals surface area contributed by atoms with Gasteiger partial charge in [-0.1, -0.05) is 6.92 Å². The Labute approximate surface area is 83.1 Å². The monoisotopic (exact) mass is 196 g/mol. The first-order valence-corrected chi connectivity index (χ1v) is 4.60. The first-order chi connectivity index (χ1) is 6.54. The summed E-state index contributed by atoms with van der Waals surface area (Å²) in [6.45, 7) is 2.00. The third-order valence-corrected chi connectivity index (χ3v) is 2.09. The smallest absolute Gasteiger partial charge is 0.219 e. The second-order valence-corrected chi connectivity index (χ2v) is 3.34. The van der Waals surface area contributed by atoms with Gasteiger partial charge in [0.15, 0.2) is 0 Å². The van der Waals surface area contributed by atoms with E-state index in [1.54, 1.807) is 4.68 Å². The van der Waals surface area contributed by atoms with E-state index >= 15 is 0 Å². The van der Waals surface area contributed by atoms with Crippen LogP contribution in [0.1, 0.15) is 30.6 Å². The lowest BCUT2D eigenvalue weighted by Gasteiger charge is -2.07. The van der Waals surface area contributed by atoms with E-state index in [2.05, 4.69) is 5.10 Å². The van der Waals surface area contributed by atoms with Crippen LogP contribution < -0.4 is 11.5 Å². The van der Waals surface area contributed by atoms with Crippen molar-refractivity contribution >= 4 is 5.91 Å². The molecule has 0 aromatic carbocycles. The van der Waals surface area contributed by atoms with Crippen LogP contribution in [0.3, 0.4) is 0 Å². The lowest BCUT2D eigenvalue weighted by molar-refractivity contribution is -0.118. The maximum Gasteiger partial charge on any atom is 0.219 e. The van der Waals surface area contributed by atoms with Gasteiger partial charge >= 0.3 is 0 Å². The molecule has 1 atom stereocenters. The third-order valence-electron chi connectivity index (χ3n) is 2.09. The molecule has 1 amide bonds. The van der Waals surface area contributed by atoms with Crippen LogP contribution >= 0.6 is 0 Å². The van der Waals surface area contributed by atoms with Crippen LogP contribution in [0.5, 0.6) is 0 Å². The molecule has 0 bridgehead atoms. The van der Waals surface area contributed by atoms with Crippen molar-refractivity contribution in [3.63, 3.8) is 0 Å². The number of aryl methyl sites for hydroxylation is 2. The molecule has 0 radical (unpaired) electrons. The van der Waals surface area contributed by atoms with E-state index < -0.39 is 0 Å². The minimum Gasteiger partial charge on any atom is -0.370 e. The van der Waals surface area contributed by atoms with Gasteiger partial charge in [0, 0.05) is 31.3 Å². The summed E-state index contributed by atoms with van der Waals surface area (Å²) in [4.78, 5) is 10.7. The summed E-state index contributed by atoms with van der Waals surface area (Å²) in [6, 6.07) is -0.337. The van der Waals surface area contributed by atoms with Crippen LogP contribution in [0, 0.1) is 0 Å². The summed E-state index contributed by atoms with van der Waals surface area (Å²) in [6.07, 6.45) is 2.81. The zero-order valence-corrected chi connectivity index (χ0v) is 8.53. The Hall–Kier alpha value is -1.36. The standard InChI is InChI=1S/C9H16N4O/c1-3-8-6(5-13(2)12-8)7(10)4-9(11)14/h5,7H,3-4,10H2,1-2H3,(H2,11,14)/t7-/m1/s1. The van der Waals surface area contributed by atoms with Crippen molar-refractivity contribution in [1.82, 2.24) is 9.78 Å². The highest BCUT2D eigenvalue weighted by Gasteiger charge is 2.15. The van der Waals surface area contributed by atoms with E-state index in [4.69, 9.17) is 11.5 Å². The molecule has 5 nitrogen and oxygen atoms in total. The van der Waals surface area contributed by atoms with E-state index in [9.17, 15) is 4.79 Å². The minimum atomic E-state index is -0.386. The van der Waals surface area contributed by atoms with Crippen molar-refractivity contribution in [2.45, 2.75) is 25.8 Å². The molecule has 5 heteroatoms. The Morgan fingerprint density at radius 3 is 2.86 bits per heavy atom. The lowest BCUT2D eigenvalue weighted by atomic mass is 10.0. The number of aromatic nitrogens is 2. The summed E-state index contributed by atoms with van der Waals surface area (Å²) in [7, 11) is 1.83. The van der Waals surface area contributed by atoms with Crippen molar-refractivity contribution in [2.75, 3.05) is 0 Å². The molecule has 0 unspecified atom stereocenters. The van der Waals surface area contributed by atoms with Gasteiger partial charge in [0.05, 0.1) is 5.69 Å². The van der Waals surface area contributed by atoms with Crippen molar-refractivity contribution in [2.24, 2.45) is 18.5 Å². The van der Waals surface area contributed by atoms with E-state index in [-0.39, 0.29) is 18.4 Å². The average molecular weight is 196 g/mol. The Balaban J connectivity index is 2.87. The Morgan fingerprint density at radius 1 is 1.71 bits per heavy atom. The van der Waals surface area contributed by atoms with Gasteiger partial charge in [-0.2, -0.15) is 5.10 Å². The molecule has 1 rings (SSSR count). The highest BCUT2D eigenvalue weighted by atomic mass is 16.1. The van der Waals surface area contributed by atoms with Crippen LogP contribution in [0.25, 0.3) is 0 Å². The molecular formula is C9H16N4O. The van der Waals surface area contributed by atoms with Gasteiger partial charge in [-0.3, -0.25) is 9.48 Å². The predicted octanol–water partition coefficient (Wildman–Crippen LogP) is -0.142. The summed E-state index contributed by atoms with van der Waals surface area (Å²) in [5.41, 5.74) is 12.8. The van der Waals surface area contributed by atoms with E-state index in [1.165, 1.54) is 0 Å². The summed E-state index contributed by atoms with van der Waals surface area (Å²) < 4.78 is 1.70. The van der Waals surface area contributed by atoms with Crippen LogP contribution in [0.4, 0.5) is 0 Å².